The van der Waals surface area contributed by atoms with E-state index in [2.05, 4.69) is 5.32 Å². The minimum Gasteiger partial charge on any atom is -0.379 e. The molecule has 8 heteroatoms. The van der Waals surface area contributed by atoms with Gasteiger partial charge in [0.25, 0.3) is 0 Å². The highest BCUT2D eigenvalue weighted by atomic mass is 32.2. The summed E-state index contributed by atoms with van der Waals surface area (Å²) in [5.74, 6) is 0.850. The van der Waals surface area contributed by atoms with Gasteiger partial charge in [-0.3, -0.25) is 10.1 Å². The number of hydrogen-bond acceptors (Lipinski definition) is 4. The lowest BCUT2D eigenvalue weighted by Crippen LogP contribution is -2.50. The zero-order valence-corrected chi connectivity index (χ0v) is 9.77. The molecular formula is C9H13F3N2O2S. The molecule has 0 spiro atoms. The van der Waals surface area contributed by atoms with Crippen LogP contribution in [-0.2, 0) is 4.79 Å². The van der Waals surface area contributed by atoms with Gasteiger partial charge >= 0.3 is 6.18 Å². The Morgan fingerprint density at radius 3 is 2.71 bits per heavy atom. The number of hydrogen-bond donors (Lipinski definition) is 2. The van der Waals surface area contributed by atoms with Crippen molar-refractivity contribution >= 4 is 17.7 Å². The molecule has 0 bridgehead atoms. The van der Waals surface area contributed by atoms with E-state index < -0.39 is 30.8 Å². The van der Waals surface area contributed by atoms with Crippen molar-refractivity contribution in [2.24, 2.45) is 0 Å². The number of β-amino-alcohol motifs (C(OH)–C–C–N with tert-alkyl or cyclic N) is 1. The molecule has 1 unspecified atom stereocenters. The quantitative estimate of drug-likeness (QED) is 0.713. The van der Waals surface area contributed by atoms with Gasteiger partial charge < -0.3 is 10.0 Å². The zero-order chi connectivity index (χ0) is 12.7. The predicted octanol–water partition coefficient (Wildman–Crippen LogP) is 0.175. The highest BCUT2D eigenvalue weighted by Gasteiger charge is 2.58. The number of amides is 1. The number of alkyl halides is 3. The third kappa shape index (κ3) is 2.38. The molecule has 2 heterocycles. The monoisotopic (exact) mass is 270 g/mol. The van der Waals surface area contributed by atoms with Crippen molar-refractivity contribution in [1.29, 1.82) is 0 Å². The topological polar surface area (TPSA) is 52.6 Å². The molecular weight excluding hydrogens is 257 g/mol. The fourth-order valence-corrected chi connectivity index (χ4v) is 2.92. The second-order valence-corrected chi connectivity index (χ2v) is 5.34. The summed E-state index contributed by atoms with van der Waals surface area (Å²) in [7, 11) is 0. The van der Waals surface area contributed by atoms with Gasteiger partial charge in [0.1, 0.15) is 0 Å². The van der Waals surface area contributed by atoms with Crippen LogP contribution in [0.3, 0.4) is 0 Å². The van der Waals surface area contributed by atoms with Gasteiger partial charge in [0.2, 0.25) is 5.91 Å². The molecule has 0 saturated carbocycles. The summed E-state index contributed by atoms with van der Waals surface area (Å²) in [6, 6.07) is -0.421. The molecule has 2 aliphatic heterocycles. The van der Waals surface area contributed by atoms with Crippen LogP contribution in [0, 0.1) is 0 Å². The summed E-state index contributed by atoms with van der Waals surface area (Å²) in [5, 5.41) is 12.4. The van der Waals surface area contributed by atoms with Crippen LogP contribution in [0.4, 0.5) is 13.2 Å². The third-order valence-corrected chi connectivity index (χ3v) is 4.04. The molecule has 17 heavy (non-hydrogen) atoms. The molecule has 1 amide bonds. The minimum absolute atomic E-state index is 0.0440. The van der Waals surface area contributed by atoms with Crippen molar-refractivity contribution in [2.45, 2.75) is 24.2 Å². The van der Waals surface area contributed by atoms with E-state index in [0.717, 1.165) is 4.90 Å². The molecule has 4 nitrogen and oxygen atoms in total. The Morgan fingerprint density at radius 1 is 1.53 bits per heavy atom. The molecule has 2 fully saturated rings. The Bertz CT molecular complexity index is 320. The van der Waals surface area contributed by atoms with Crippen LogP contribution >= 0.6 is 11.8 Å². The van der Waals surface area contributed by atoms with E-state index in [9.17, 15) is 23.1 Å². The van der Waals surface area contributed by atoms with Crippen molar-refractivity contribution in [3.05, 3.63) is 0 Å². The van der Waals surface area contributed by atoms with E-state index in [0.29, 0.717) is 11.6 Å². The van der Waals surface area contributed by atoms with Crippen molar-refractivity contribution in [1.82, 2.24) is 10.2 Å². The van der Waals surface area contributed by atoms with Gasteiger partial charge in [0.05, 0.1) is 12.6 Å². The molecule has 0 aromatic heterocycles. The summed E-state index contributed by atoms with van der Waals surface area (Å²) in [4.78, 5) is 12.9. The lowest BCUT2D eigenvalue weighted by atomic mass is 10.0. The molecule has 0 radical (unpaired) electrons. The van der Waals surface area contributed by atoms with Crippen LogP contribution in [-0.4, -0.2) is 58.5 Å². The first kappa shape index (κ1) is 13.0. The van der Waals surface area contributed by atoms with Crippen molar-refractivity contribution in [2.75, 3.05) is 24.7 Å². The normalized spacial score (nSPS) is 34.4. The van der Waals surface area contributed by atoms with Gasteiger partial charge in [0, 0.05) is 24.6 Å². The molecule has 2 atom stereocenters. The lowest BCUT2D eigenvalue weighted by Gasteiger charge is -2.26. The van der Waals surface area contributed by atoms with Crippen LogP contribution in [0.5, 0.6) is 0 Å². The number of rotatable bonds is 1. The summed E-state index contributed by atoms with van der Waals surface area (Å²) in [5.41, 5.74) is -2.74. The highest BCUT2D eigenvalue weighted by molar-refractivity contribution is 7.99. The number of aliphatic hydroxyl groups is 1. The summed E-state index contributed by atoms with van der Waals surface area (Å²) in [6.07, 6.45) is -5.12. The number of carbonyl (C=O) groups excluding carboxylic acids is 1. The van der Waals surface area contributed by atoms with Crippen LogP contribution in [0.25, 0.3) is 0 Å². The Kier molecular flexibility index (Phi) is 3.30. The van der Waals surface area contributed by atoms with Gasteiger partial charge in [0.15, 0.2) is 5.60 Å². The maximum atomic E-state index is 12.6. The Morgan fingerprint density at radius 2 is 2.24 bits per heavy atom. The third-order valence-electron chi connectivity index (χ3n) is 3.10. The second-order valence-electron chi connectivity index (χ2n) is 4.31. The number of halogens is 3. The maximum Gasteiger partial charge on any atom is 0.419 e. The first-order valence-corrected chi connectivity index (χ1v) is 6.38. The first-order valence-electron chi connectivity index (χ1n) is 5.22. The summed E-state index contributed by atoms with van der Waals surface area (Å²) < 4.78 is 37.7. The van der Waals surface area contributed by atoms with E-state index in [-0.39, 0.29) is 12.5 Å². The Hall–Kier alpha value is -0.470. The Labute approximate surface area is 101 Å². The molecule has 2 aliphatic rings. The van der Waals surface area contributed by atoms with Gasteiger partial charge in [-0.15, -0.1) is 11.8 Å². The fourth-order valence-electron chi connectivity index (χ4n) is 1.99. The van der Waals surface area contributed by atoms with Crippen molar-refractivity contribution in [3.8, 4) is 0 Å². The van der Waals surface area contributed by atoms with E-state index in [1.54, 1.807) is 0 Å². The highest BCUT2D eigenvalue weighted by Crippen LogP contribution is 2.37. The van der Waals surface area contributed by atoms with Gasteiger partial charge in [-0.05, 0) is 0 Å². The van der Waals surface area contributed by atoms with Crippen LogP contribution in [0.15, 0.2) is 0 Å². The van der Waals surface area contributed by atoms with Gasteiger partial charge in [-0.1, -0.05) is 0 Å². The lowest BCUT2D eigenvalue weighted by molar-refractivity contribution is -0.253. The van der Waals surface area contributed by atoms with E-state index in [1.807, 2.05) is 0 Å². The van der Waals surface area contributed by atoms with Crippen LogP contribution in [0.2, 0.25) is 0 Å². The van der Waals surface area contributed by atoms with Gasteiger partial charge in [-0.2, -0.15) is 13.2 Å². The largest absolute Gasteiger partial charge is 0.419 e. The van der Waals surface area contributed by atoms with Crippen molar-refractivity contribution < 1.29 is 23.1 Å². The smallest absolute Gasteiger partial charge is 0.379 e. The summed E-state index contributed by atoms with van der Waals surface area (Å²) >= 11 is 1.53. The van der Waals surface area contributed by atoms with Crippen LogP contribution in [0.1, 0.15) is 6.42 Å². The fraction of sp³-hybridized carbons (Fsp3) is 0.889. The second kappa shape index (κ2) is 4.33. The number of nitrogens with zero attached hydrogens (tertiary/aromatic N) is 1. The number of likely N-dealkylation sites (tertiary alicyclic amines) is 1. The number of nitrogens with one attached hydrogen (secondary N) is 1. The van der Waals surface area contributed by atoms with Gasteiger partial charge in [-0.25, -0.2) is 0 Å². The van der Waals surface area contributed by atoms with E-state index in [4.69, 9.17) is 0 Å². The molecule has 2 saturated heterocycles. The van der Waals surface area contributed by atoms with E-state index in [1.165, 1.54) is 11.8 Å². The number of thioether (sulfide) groups is 1. The van der Waals surface area contributed by atoms with E-state index >= 15 is 0 Å². The summed E-state index contributed by atoms with van der Waals surface area (Å²) in [6.45, 7) is -0.699. The molecule has 0 aliphatic carbocycles. The average Bonchev–Trinajstić information content (AvgIpc) is 2.84. The van der Waals surface area contributed by atoms with Crippen LogP contribution < -0.4 is 5.32 Å². The molecule has 0 aromatic rings. The van der Waals surface area contributed by atoms with Crippen molar-refractivity contribution in [3.63, 3.8) is 0 Å². The molecule has 2 rings (SSSR count). The first-order chi connectivity index (χ1) is 7.83. The standard InChI is InChI=1S/C9H13F3N2O2S/c10-9(11,12)8(16)1-2-14(4-8)7(15)6-3-17-5-13-6/h6,13,16H,1-5H2/t6-,8?/m1/s1. The Balaban J connectivity index is 2.00. The predicted molar refractivity (Wildman–Crippen MR) is 56.5 cm³/mol. The molecule has 2 N–H and O–H groups in total. The SMILES string of the molecule is O=C([C@H]1CSCN1)N1CCC(O)(C(F)(F)F)C1. The molecule has 98 valence electrons. The zero-order valence-electron chi connectivity index (χ0n) is 8.96. The molecule has 0 aromatic carbocycles. The number of carbonyl (C=O) groups is 1. The average molecular weight is 270 g/mol. The minimum atomic E-state index is -4.68. The maximum absolute atomic E-state index is 12.6.